The highest BCUT2D eigenvalue weighted by Gasteiger charge is 2.25. The number of hydrogen-bond donors (Lipinski definition) is 1. The van der Waals surface area contributed by atoms with Crippen LogP contribution in [-0.4, -0.2) is 48.6 Å². The van der Waals surface area contributed by atoms with E-state index in [9.17, 15) is 4.79 Å². The smallest absolute Gasteiger partial charge is 0.226 e. The third-order valence-corrected chi connectivity index (χ3v) is 5.20. The molecule has 0 atom stereocenters. The Balaban J connectivity index is 1.47. The van der Waals surface area contributed by atoms with Crippen LogP contribution in [0.2, 0.25) is 0 Å². The van der Waals surface area contributed by atoms with Crippen molar-refractivity contribution in [3.8, 4) is 16.3 Å². The number of hydrogen-bond acceptors (Lipinski definition) is 5. The fraction of sp³-hybridized carbons (Fsp3) is 0.474. The van der Waals surface area contributed by atoms with Crippen LogP contribution in [0.15, 0.2) is 29.6 Å². The van der Waals surface area contributed by atoms with Gasteiger partial charge in [-0.15, -0.1) is 11.3 Å². The van der Waals surface area contributed by atoms with Crippen molar-refractivity contribution in [3.05, 3.63) is 35.3 Å². The number of carbonyl (C=O) groups is 1. The minimum Gasteiger partial charge on any atom is -0.494 e. The molecule has 1 saturated carbocycles. The highest BCUT2D eigenvalue weighted by molar-refractivity contribution is 7.13. The first-order valence-corrected chi connectivity index (χ1v) is 9.68. The number of nitrogens with zero attached hydrogens (tertiary/aromatic N) is 2. The van der Waals surface area contributed by atoms with Gasteiger partial charge in [-0.05, 0) is 51.1 Å². The quantitative estimate of drug-likeness (QED) is 0.748. The van der Waals surface area contributed by atoms with Gasteiger partial charge in [0.2, 0.25) is 5.91 Å². The maximum atomic E-state index is 12.1. The van der Waals surface area contributed by atoms with E-state index in [1.54, 1.807) is 11.3 Å². The summed E-state index contributed by atoms with van der Waals surface area (Å²) in [5.41, 5.74) is 1.87. The molecule has 3 rings (SSSR count). The molecule has 5 nitrogen and oxygen atoms in total. The van der Waals surface area contributed by atoms with Gasteiger partial charge in [-0.1, -0.05) is 0 Å². The van der Waals surface area contributed by atoms with E-state index < -0.39 is 0 Å². The molecule has 2 aromatic rings. The summed E-state index contributed by atoms with van der Waals surface area (Å²) in [4.78, 5) is 19.0. The van der Waals surface area contributed by atoms with E-state index in [4.69, 9.17) is 4.74 Å². The van der Waals surface area contributed by atoms with Crippen molar-refractivity contribution >= 4 is 17.2 Å². The van der Waals surface area contributed by atoms with Crippen molar-refractivity contribution in [2.75, 3.05) is 26.7 Å². The molecule has 25 heavy (non-hydrogen) atoms. The summed E-state index contributed by atoms with van der Waals surface area (Å²) in [5, 5.41) is 5.87. The van der Waals surface area contributed by atoms with Crippen molar-refractivity contribution in [2.24, 2.45) is 0 Å². The Labute approximate surface area is 153 Å². The van der Waals surface area contributed by atoms with Gasteiger partial charge in [-0.25, -0.2) is 4.98 Å². The zero-order valence-corrected chi connectivity index (χ0v) is 15.6. The van der Waals surface area contributed by atoms with Crippen LogP contribution >= 0.6 is 11.3 Å². The summed E-state index contributed by atoms with van der Waals surface area (Å²) in [5.74, 6) is 0.895. The number of ether oxygens (including phenoxy) is 1. The van der Waals surface area contributed by atoms with Crippen LogP contribution in [0.1, 0.15) is 25.5 Å². The van der Waals surface area contributed by atoms with Crippen LogP contribution in [0.25, 0.3) is 10.6 Å². The molecule has 1 aromatic heterocycles. The zero-order chi connectivity index (χ0) is 17.6. The van der Waals surface area contributed by atoms with E-state index >= 15 is 0 Å². The molecule has 1 amide bonds. The Kier molecular flexibility index (Phi) is 6.04. The predicted octanol–water partition coefficient (Wildman–Crippen LogP) is 2.96. The SMILES string of the molecule is CCOc1ccc(-c2nc(CC(=O)NCCN(C)C3CC3)cs2)cc1. The average Bonchev–Trinajstić information content (AvgIpc) is 3.36. The summed E-state index contributed by atoms with van der Waals surface area (Å²) in [6.07, 6.45) is 2.91. The van der Waals surface area contributed by atoms with Gasteiger partial charge >= 0.3 is 0 Å². The van der Waals surface area contributed by atoms with Crippen LogP contribution in [0, 0.1) is 0 Å². The Bertz CT molecular complexity index is 695. The van der Waals surface area contributed by atoms with Crippen molar-refractivity contribution < 1.29 is 9.53 Å². The second-order valence-electron chi connectivity index (χ2n) is 6.34. The molecule has 1 N–H and O–H groups in total. The molecule has 0 unspecified atom stereocenters. The monoisotopic (exact) mass is 359 g/mol. The molecule has 0 saturated heterocycles. The van der Waals surface area contributed by atoms with E-state index in [1.165, 1.54) is 12.8 Å². The van der Waals surface area contributed by atoms with Gasteiger partial charge in [0, 0.05) is 30.1 Å². The number of likely N-dealkylation sites (N-methyl/N-ethyl adjacent to an activating group) is 1. The Morgan fingerprint density at radius 2 is 2.12 bits per heavy atom. The van der Waals surface area contributed by atoms with Crippen molar-refractivity contribution in [1.82, 2.24) is 15.2 Å². The number of amides is 1. The number of nitrogens with one attached hydrogen (secondary N) is 1. The molecule has 6 heteroatoms. The maximum Gasteiger partial charge on any atom is 0.226 e. The average molecular weight is 359 g/mol. The second-order valence-corrected chi connectivity index (χ2v) is 7.20. The zero-order valence-electron chi connectivity index (χ0n) is 14.8. The molecule has 1 aliphatic carbocycles. The largest absolute Gasteiger partial charge is 0.494 e. The fourth-order valence-electron chi connectivity index (χ4n) is 2.68. The molecule has 1 aromatic carbocycles. The normalized spacial score (nSPS) is 13.9. The minimum atomic E-state index is 0.0349. The summed E-state index contributed by atoms with van der Waals surface area (Å²) < 4.78 is 5.45. The molecule has 1 heterocycles. The lowest BCUT2D eigenvalue weighted by atomic mass is 10.2. The lowest BCUT2D eigenvalue weighted by Crippen LogP contribution is -2.34. The summed E-state index contributed by atoms with van der Waals surface area (Å²) >= 11 is 1.56. The van der Waals surface area contributed by atoms with Crippen molar-refractivity contribution in [1.29, 1.82) is 0 Å². The third-order valence-electron chi connectivity index (χ3n) is 4.26. The second kappa shape index (κ2) is 8.45. The first-order chi connectivity index (χ1) is 12.2. The molecule has 1 aliphatic rings. The van der Waals surface area contributed by atoms with Crippen LogP contribution in [0.4, 0.5) is 0 Å². The Hall–Kier alpha value is -1.92. The molecular formula is C19H25N3O2S. The van der Waals surface area contributed by atoms with Gasteiger partial charge in [0.15, 0.2) is 0 Å². The first kappa shape index (κ1) is 17.9. The van der Waals surface area contributed by atoms with Crippen molar-refractivity contribution in [3.63, 3.8) is 0 Å². The Morgan fingerprint density at radius 1 is 1.36 bits per heavy atom. The van der Waals surface area contributed by atoms with E-state index in [2.05, 4.69) is 22.2 Å². The number of thiazole rings is 1. The molecule has 0 aliphatic heterocycles. The maximum absolute atomic E-state index is 12.1. The molecule has 134 valence electrons. The lowest BCUT2D eigenvalue weighted by molar-refractivity contribution is -0.120. The van der Waals surface area contributed by atoms with Gasteiger partial charge in [-0.2, -0.15) is 0 Å². The van der Waals surface area contributed by atoms with Crippen LogP contribution in [0.5, 0.6) is 5.75 Å². The van der Waals surface area contributed by atoms with E-state index in [-0.39, 0.29) is 5.91 Å². The third kappa shape index (κ3) is 5.28. The molecule has 0 spiro atoms. The van der Waals surface area contributed by atoms with Gasteiger partial charge in [0.1, 0.15) is 10.8 Å². The van der Waals surface area contributed by atoms with Gasteiger partial charge in [0.25, 0.3) is 0 Å². The fourth-order valence-corrected chi connectivity index (χ4v) is 3.50. The number of carbonyl (C=O) groups excluding carboxylic acids is 1. The highest BCUT2D eigenvalue weighted by atomic mass is 32.1. The van der Waals surface area contributed by atoms with Gasteiger partial charge in [0.05, 0.1) is 18.7 Å². The highest BCUT2D eigenvalue weighted by Crippen LogP contribution is 2.26. The van der Waals surface area contributed by atoms with E-state index in [1.807, 2.05) is 36.6 Å². The molecule has 0 bridgehead atoms. The number of rotatable bonds is 9. The number of aromatic nitrogens is 1. The van der Waals surface area contributed by atoms with Crippen molar-refractivity contribution in [2.45, 2.75) is 32.2 Å². The molecular weight excluding hydrogens is 334 g/mol. The standard InChI is InChI=1S/C19H25N3O2S/c1-3-24-17-8-4-14(5-9-17)19-21-15(13-25-19)12-18(23)20-10-11-22(2)16-6-7-16/h4-5,8-9,13,16H,3,6-7,10-12H2,1-2H3,(H,20,23). The number of benzene rings is 1. The van der Waals surface area contributed by atoms with Gasteiger partial charge in [-0.3, -0.25) is 4.79 Å². The first-order valence-electron chi connectivity index (χ1n) is 8.80. The Morgan fingerprint density at radius 3 is 2.80 bits per heavy atom. The van der Waals surface area contributed by atoms with Crippen LogP contribution in [0.3, 0.4) is 0 Å². The molecule has 1 fully saturated rings. The van der Waals surface area contributed by atoms with E-state index in [0.717, 1.165) is 34.6 Å². The molecule has 0 radical (unpaired) electrons. The predicted molar refractivity (Wildman–Crippen MR) is 101 cm³/mol. The summed E-state index contributed by atoms with van der Waals surface area (Å²) in [7, 11) is 2.12. The van der Waals surface area contributed by atoms with Gasteiger partial charge < -0.3 is 15.0 Å². The summed E-state index contributed by atoms with van der Waals surface area (Å²) in [6.45, 7) is 4.23. The lowest BCUT2D eigenvalue weighted by Gasteiger charge is -2.15. The van der Waals surface area contributed by atoms with Crippen LogP contribution in [-0.2, 0) is 11.2 Å². The minimum absolute atomic E-state index is 0.0349. The topological polar surface area (TPSA) is 54.5 Å². The summed E-state index contributed by atoms with van der Waals surface area (Å²) in [6, 6.07) is 8.63. The van der Waals surface area contributed by atoms with E-state index in [0.29, 0.717) is 19.6 Å². The van der Waals surface area contributed by atoms with Crippen LogP contribution < -0.4 is 10.1 Å².